The molecule has 0 radical (unpaired) electrons. The molecular weight excluding hydrogens is 328 g/mol. The fraction of sp³-hybridized carbons (Fsp3) is 0.308. The summed E-state index contributed by atoms with van der Waals surface area (Å²) in [6.07, 6.45) is 2.22. The highest BCUT2D eigenvalue weighted by molar-refractivity contribution is 9.10. The number of nitrogens with two attached hydrogens (primary N) is 1. The summed E-state index contributed by atoms with van der Waals surface area (Å²) in [5.74, 6) is -0.385. The monoisotopic (exact) mass is 340 g/mol. The smallest absolute Gasteiger partial charge is 0.233 e. The highest BCUT2D eigenvalue weighted by atomic mass is 79.9. The van der Waals surface area contributed by atoms with Crippen molar-refractivity contribution in [3.63, 3.8) is 0 Å². The molecule has 1 saturated heterocycles. The highest BCUT2D eigenvalue weighted by Gasteiger charge is 2.27. The molecular formula is C13H13BrN2O2S. The Hall–Kier alpha value is -1.27. The van der Waals surface area contributed by atoms with Gasteiger partial charge in [0.2, 0.25) is 11.8 Å². The highest BCUT2D eigenvalue weighted by Crippen LogP contribution is 2.28. The van der Waals surface area contributed by atoms with Gasteiger partial charge in [0.15, 0.2) is 0 Å². The topological polar surface area (TPSA) is 63.4 Å². The summed E-state index contributed by atoms with van der Waals surface area (Å²) < 4.78 is 0.800. The predicted molar refractivity (Wildman–Crippen MR) is 81.0 cm³/mol. The van der Waals surface area contributed by atoms with E-state index in [0.717, 1.165) is 17.3 Å². The summed E-state index contributed by atoms with van der Waals surface area (Å²) >= 11 is 8.33. The first-order chi connectivity index (χ1) is 9.00. The van der Waals surface area contributed by atoms with E-state index in [1.54, 1.807) is 18.2 Å². The van der Waals surface area contributed by atoms with Crippen molar-refractivity contribution in [2.75, 3.05) is 4.90 Å². The molecule has 19 heavy (non-hydrogen) atoms. The molecule has 1 aromatic carbocycles. The number of rotatable bonds is 2. The number of nitrogens with zero attached hydrogens (tertiary/aromatic N) is 1. The molecule has 4 nitrogen and oxygen atoms in total. The fourth-order valence-electron chi connectivity index (χ4n) is 2.08. The van der Waals surface area contributed by atoms with Gasteiger partial charge in [-0.25, -0.2) is 4.90 Å². The molecule has 1 aliphatic rings. The Labute approximate surface area is 125 Å². The van der Waals surface area contributed by atoms with Crippen LogP contribution in [0, 0.1) is 0 Å². The first-order valence-corrected chi connectivity index (χ1v) is 7.16. The van der Waals surface area contributed by atoms with E-state index < -0.39 is 0 Å². The third-order valence-corrected chi connectivity index (χ3v) is 3.71. The predicted octanol–water partition coefficient (Wildman–Crippen LogP) is 2.52. The van der Waals surface area contributed by atoms with E-state index in [0.29, 0.717) is 24.1 Å². The van der Waals surface area contributed by atoms with Gasteiger partial charge in [0.05, 0.1) is 5.69 Å². The van der Waals surface area contributed by atoms with Crippen LogP contribution in [0.2, 0.25) is 0 Å². The molecule has 100 valence electrons. The molecule has 6 heteroatoms. The molecule has 1 aliphatic heterocycles. The Morgan fingerprint density at radius 3 is 2.32 bits per heavy atom. The average Bonchev–Trinajstić information content (AvgIpc) is 2.51. The van der Waals surface area contributed by atoms with Crippen LogP contribution in [0.5, 0.6) is 0 Å². The van der Waals surface area contributed by atoms with Crippen LogP contribution in [0.15, 0.2) is 22.7 Å². The van der Waals surface area contributed by atoms with E-state index in [1.807, 2.05) is 0 Å². The van der Waals surface area contributed by atoms with Gasteiger partial charge in [0.1, 0.15) is 4.99 Å². The normalized spacial score (nSPS) is 16.4. The zero-order chi connectivity index (χ0) is 14.0. The van der Waals surface area contributed by atoms with Crippen LogP contribution < -0.4 is 10.6 Å². The molecule has 0 aromatic heterocycles. The van der Waals surface area contributed by atoms with Gasteiger partial charge in [0, 0.05) is 22.9 Å². The van der Waals surface area contributed by atoms with Gasteiger partial charge in [-0.2, -0.15) is 0 Å². The number of anilines is 1. The van der Waals surface area contributed by atoms with Crippen molar-refractivity contribution in [1.82, 2.24) is 0 Å². The lowest BCUT2D eigenvalue weighted by molar-refractivity contribution is -0.125. The Bertz CT molecular complexity index is 542. The molecule has 0 bridgehead atoms. The maximum Gasteiger partial charge on any atom is 0.233 e. The van der Waals surface area contributed by atoms with Gasteiger partial charge in [-0.15, -0.1) is 0 Å². The van der Waals surface area contributed by atoms with E-state index in [4.69, 9.17) is 18.0 Å². The van der Waals surface area contributed by atoms with E-state index in [-0.39, 0.29) is 16.8 Å². The zero-order valence-electron chi connectivity index (χ0n) is 10.2. The van der Waals surface area contributed by atoms with Crippen molar-refractivity contribution in [2.24, 2.45) is 5.73 Å². The SMILES string of the molecule is NC(=S)c1cc(Br)ccc1N1C(=O)CCCCC1=O. The number of hydrogen-bond acceptors (Lipinski definition) is 3. The van der Waals surface area contributed by atoms with E-state index in [2.05, 4.69) is 15.9 Å². The van der Waals surface area contributed by atoms with Crippen molar-refractivity contribution < 1.29 is 9.59 Å². The molecule has 0 atom stereocenters. The van der Waals surface area contributed by atoms with Gasteiger partial charge < -0.3 is 5.73 Å². The number of amides is 2. The van der Waals surface area contributed by atoms with E-state index >= 15 is 0 Å². The minimum Gasteiger partial charge on any atom is -0.389 e. The number of benzene rings is 1. The van der Waals surface area contributed by atoms with Crippen molar-refractivity contribution in [3.05, 3.63) is 28.2 Å². The Balaban J connectivity index is 2.52. The van der Waals surface area contributed by atoms with Crippen LogP contribution in [-0.4, -0.2) is 16.8 Å². The molecule has 0 unspecified atom stereocenters. The van der Waals surface area contributed by atoms with Gasteiger partial charge in [-0.05, 0) is 31.0 Å². The Kier molecular flexibility index (Phi) is 4.31. The van der Waals surface area contributed by atoms with Gasteiger partial charge in [-0.1, -0.05) is 28.1 Å². The van der Waals surface area contributed by atoms with Crippen LogP contribution in [0.4, 0.5) is 5.69 Å². The van der Waals surface area contributed by atoms with Gasteiger partial charge >= 0.3 is 0 Å². The minimum absolute atomic E-state index is 0.168. The standard InChI is InChI=1S/C13H13BrN2O2S/c14-8-5-6-10(9(7-8)13(15)19)16-11(17)3-1-2-4-12(16)18/h5-7H,1-4H2,(H2,15,19). The number of carbonyl (C=O) groups is 2. The molecule has 0 saturated carbocycles. The summed E-state index contributed by atoms with van der Waals surface area (Å²) in [4.78, 5) is 25.6. The quantitative estimate of drug-likeness (QED) is 0.663. The third-order valence-electron chi connectivity index (χ3n) is 3.00. The van der Waals surface area contributed by atoms with Crippen molar-refractivity contribution in [3.8, 4) is 0 Å². The lowest BCUT2D eigenvalue weighted by Crippen LogP contribution is -2.36. The summed E-state index contributed by atoms with van der Waals surface area (Å²) in [7, 11) is 0. The molecule has 1 fully saturated rings. The van der Waals surface area contributed by atoms with Gasteiger partial charge in [0.25, 0.3) is 0 Å². The van der Waals surface area contributed by atoms with Crippen molar-refractivity contribution in [1.29, 1.82) is 0 Å². The lowest BCUT2D eigenvalue weighted by atomic mass is 10.1. The van der Waals surface area contributed by atoms with Crippen molar-refractivity contribution >= 4 is 50.6 Å². The molecule has 2 rings (SSSR count). The third kappa shape index (κ3) is 3.01. The zero-order valence-corrected chi connectivity index (χ0v) is 12.6. The second-order valence-corrected chi connectivity index (χ2v) is 5.71. The molecule has 2 amide bonds. The van der Waals surface area contributed by atoms with Crippen molar-refractivity contribution in [2.45, 2.75) is 25.7 Å². The fourth-order valence-corrected chi connectivity index (χ4v) is 2.61. The largest absolute Gasteiger partial charge is 0.389 e. The molecule has 2 N–H and O–H groups in total. The van der Waals surface area contributed by atoms with Crippen LogP contribution in [0.25, 0.3) is 0 Å². The number of carbonyl (C=O) groups excluding carboxylic acids is 2. The first-order valence-electron chi connectivity index (χ1n) is 5.96. The van der Waals surface area contributed by atoms with E-state index in [1.165, 1.54) is 4.90 Å². The molecule has 1 aromatic rings. The molecule has 0 spiro atoms. The van der Waals surface area contributed by atoms with Crippen LogP contribution >= 0.6 is 28.1 Å². The maximum atomic E-state index is 12.1. The van der Waals surface area contributed by atoms with Crippen LogP contribution in [-0.2, 0) is 9.59 Å². The summed E-state index contributed by atoms with van der Waals surface area (Å²) in [5, 5.41) is 0. The Morgan fingerprint density at radius 1 is 1.21 bits per heavy atom. The molecule has 0 aliphatic carbocycles. The Morgan fingerprint density at radius 2 is 1.79 bits per heavy atom. The lowest BCUT2D eigenvalue weighted by Gasteiger charge is -2.21. The number of thiocarbonyl (C=S) groups is 1. The summed E-state index contributed by atoms with van der Waals surface area (Å²) in [5.41, 5.74) is 6.70. The average molecular weight is 341 g/mol. The second kappa shape index (κ2) is 5.79. The van der Waals surface area contributed by atoms with Gasteiger partial charge in [-0.3, -0.25) is 9.59 Å². The number of halogens is 1. The second-order valence-electron chi connectivity index (χ2n) is 4.36. The summed E-state index contributed by atoms with van der Waals surface area (Å²) in [6.45, 7) is 0. The summed E-state index contributed by atoms with van der Waals surface area (Å²) in [6, 6.07) is 5.19. The molecule has 1 heterocycles. The number of hydrogen-bond donors (Lipinski definition) is 1. The minimum atomic E-state index is -0.192. The van der Waals surface area contributed by atoms with E-state index in [9.17, 15) is 9.59 Å². The first kappa shape index (κ1) is 14.1. The van der Waals surface area contributed by atoms with Crippen LogP contribution in [0.3, 0.4) is 0 Å². The van der Waals surface area contributed by atoms with Crippen LogP contribution in [0.1, 0.15) is 31.2 Å². The maximum absolute atomic E-state index is 12.1. The number of imide groups is 1.